The number of hydrogen-bond donors (Lipinski definition) is 0. The van der Waals surface area contributed by atoms with Crippen molar-refractivity contribution in [1.29, 1.82) is 0 Å². The van der Waals surface area contributed by atoms with E-state index < -0.39 is 0 Å². The average Bonchev–Trinajstić information content (AvgIpc) is 3.15. The lowest BCUT2D eigenvalue weighted by Gasteiger charge is -2.28. The summed E-state index contributed by atoms with van der Waals surface area (Å²) in [5, 5.41) is 0. The number of para-hydroxylation sites is 1. The van der Waals surface area contributed by atoms with E-state index in [0.29, 0.717) is 18.1 Å². The largest absolute Gasteiger partial charge is 0.486 e. The molecule has 1 aliphatic rings. The number of carbonyl (C=O) groups excluding carboxylic acids is 1. The first-order chi connectivity index (χ1) is 12.7. The second kappa shape index (κ2) is 7.60. The van der Waals surface area contributed by atoms with Crippen molar-refractivity contribution < 1.29 is 13.9 Å². The first-order valence-corrected chi connectivity index (χ1v) is 9.99. The van der Waals surface area contributed by atoms with Gasteiger partial charge in [0.1, 0.15) is 18.1 Å². The van der Waals surface area contributed by atoms with Crippen LogP contribution in [0.2, 0.25) is 0 Å². The maximum Gasteiger partial charge on any atom is 0.294 e. The molecule has 2 aromatic carbocycles. The zero-order chi connectivity index (χ0) is 17.9. The van der Waals surface area contributed by atoms with Crippen LogP contribution in [0.15, 0.2) is 74.4 Å². The zero-order valence-electron chi connectivity index (χ0n) is 13.9. The van der Waals surface area contributed by atoms with E-state index in [-0.39, 0.29) is 12.5 Å². The molecule has 0 radical (unpaired) electrons. The molecule has 26 heavy (non-hydrogen) atoms. The van der Waals surface area contributed by atoms with Crippen molar-refractivity contribution in [2.45, 2.75) is 11.5 Å². The fraction of sp³-hybridized carbons (Fsp3) is 0.150. The Morgan fingerprint density at radius 3 is 2.77 bits per heavy atom. The monoisotopic (exact) mass is 429 g/mol. The van der Waals surface area contributed by atoms with E-state index in [4.69, 9.17) is 9.15 Å². The molecule has 0 bridgehead atoms. The highest BCUT2D eigenvalue weighted by Crippen LogP contribution is 2.35. The first-order valence-electron chi connectivity index (χ1n) is 8.21. The minimum Gasteiger partial charge on any atom is -0.486 e. The molecule has 4 rings (SSSR count). The predicted octanol–water partition coefficient (Wildman–Crippen LogP) is 5.37. The summed E-state index contributed by atoms with van der Waals surface area (Å²) in [5.41, 5.74) is 0.942. The summed E-state index contributed by atoms with van der Waals surface area (Å²) in [7, 11) is 0. The summed E-state index contributed by atoms with van der Waals surface area (Å²) >= 11 is 5.16. The van der Waals surface area contributed by atoms with Crippen LogP contribution in [-0.4, -0.2) is 18.2 Å². The van der Waals surface area contributed by atoms with Crippen LogP contribution in [0.3, 0.4) is 0 Å². The molecule has 0 unspecified atom stereocenters. The fourth-order valence-corrected chi connectivity index (χ4v) is 4.03. The van der Waals surface area contributed by atoms with Gasteiger partial charge in [-0.2, -0.15) is 0 Å². The third kappa shape index (κ3) is 3.66. The van der Waals surface area contributed by atoms with E-state index >= 15 is 0 Å². The number of hydrogen-bond acceptors (Lipinski definition) is 4. The van der Waals surface area contributed by atoms with Crippen LogP contribution in [0.1, 0.15) is 16.3 Å². The van der Waals surface area contributed by atoms with Gasteiger partial charge in [-0.15, -0.1) is 11.8 Å². The standard InChI is InChI=1S/C20H16BrNO3S/c21-14-5-7-15(8-6-14)24-13-16-9-10-18(25-16)20(23)22-11-12-26-19-4-2-1-3-17(19)22/h1-10H,11-13H2. The highest BCUT2D eigenvalue weighted by Gasteiger charge is 2.25. The van der Waals surface area contributed by atoms with Gasteiger partial charge in [0, 0.05) is 21.7 Å². The van der Waals surface area contributed by atoms with E-state index in [1.807, 2.05) is 48.5 Å². The maximum absolute atomic E-state index is 12.9. The molecule has 1 aromatic heterocycles. The number of ether oxygens (including phenoxy) is 1. The number of halogens is 1. The van der Waals surface area contributed by atoms with Gasteiger partial charge in [0.2, 0.25) is 0 Å². The SMILES string of the molecule is O=C(c1ccc(COc2ccc(Br)cc2)o1)N1CCSc2ccccc21. The second-order valence-corrected chi connectivity index (χ2v) is 7.83. The van der Waals surface area contributed by atoms with Crippen LogP contribution in [0.25, 0.3) is 0 Å². The average molecular weight is 430 g/mol. The fourth-order valence-electron chi connectivity index (χ4n) is 2.77. The highest BCUT2D eigenvalue weighted by atomic mass is 79.9. The number of amides is 1. The molecule has 4 nitrogen and oxygen atoms in total. The molecule has 0 atom stereocenters. The molecule has 132 valence electrons. The smallest absolute Gasteiger partial charge is 0.294 e. The van der Waals surface area contributed by atoms with E-state index in [9.17, 15) is 4.79 Å². The topological polar surface area (TPSA) is 42.7 Å². The number of fused-ring (bicyclic) bond motifs is 1. The molecule has 2 heterocycles. The molecule has 3 aromatic rings. The van der Waals surface area contributed by atoms with E-state index in [2.05, 4.69) is 15.9 Å². The van der Waals surface area contributed by atoms with Crippen LogP contribution >= 0.6 is 27.7 Å². The molecule has 6 heteroatoms. The van der Waals surface area contributed by atoms with Crippen molar-refractivity contribution in [3.05, 3.63) is 76.7 Å². The Kier molecular flexibility index (Phi) is 5.04. The van der Waals surface area contributed by atoms with Crippen LogP contribution < -0.4 is 9.64 Å². The molecule has 0 N–H and O–H groups in total. The molecule has 0 saturated heterocycles. The van der Waals surface area contributed by atoms with Gasteiger partial charge < -0.3 is 14.1 Å². The number of rotatable bonds is 4. The van der Waals surface area contributed by atoms with Crippen molar-refractivity contribution in [2.24, 2.45) is 0 Å². The lowest BCUT2D eigenvalue weighted by atomic mass is 10.2. The molecule has 1 amide bonds. The lowest BCUT2D eigenvalue weighted by Crippen LogP contribution is -2.35. The predicted molar refractivity (Wildman–Crippen MR) is 106 cm³/mol. The summed E-state index contributed by atoms with van der Waals surface area (Å²) in [6.45, 7) is 0.952. The number of furan rings is 1. The van der Waals surface area contributed by atoms with Gasteiger partial charge in [0.25, 0.3) is 5.91 Å². The molecule has 0 saturated carbocycles. The molecule has 0 aliphatic carbocycles. The van der Waals surface area contributed by atoms with Crippen LogP contribution in [-0.2, 0) is 6.61 Å². The third-order valence-corrected chi connectivity index (χ3v) is 5.61. The van der Waals surface area contributed by atoms with Crippen molar-refractivity contribution >= 4 is 39.3 Å². The van der Waals surface area contributed by atoms with Crippen molar-refractivity contribution in [2.75, 3.05) is 17.2 Å². The molecule has 0 spiro atoms. The summed E-state index contributed by atoms with van der Waals surface area (Å²) in [5.74, 6) is 2.47. The van der Waals surface area contributed by atoms with E-state index in [1.165, 1.54) is 0 Å². The van der Waals surface area contributed by atoms with Crippen molar-refractivity contribution in [1.82, 2.24) is 0 Å². The van der Waals surface area contributed by atoms with E-state index in [0.717, 1.165) is 26.6 Å². The van der Waals surface area contributed by atoms with Gasteiger partial charge in [-0.05, 0) is 48.5 Å². The molecule has 0 fully saturated rings. The van der Waals surface area contributed by atoms with Gasteiger partial charge in [0.15, 0.2) is 5.76 Å². The molecular formula is C20H16BrNO3S. The van der Waals surface area contributed by atoms with Crippen molar-refractivity contribution in [3.8, 4) is 5.75 Å². The summed E-state index contributed by atoms with van der Waals surface area (Å²) in [6, 6.07) is 19.0. The Morgan fingerprint density at radius 2 is 1.92 bits per heavy atom. The third-order valence-electron chi connectivity index (χ3n) is 4.04. The van der Waals surface area contributed by atoms with E-state index in [1.54, 1.807) is 28.8 Å². The van der Waals surface area contributed by atoms with Gasteiger partial charge >= 0.3 is 0 Å². The molecule has 1 aliphatic heterocycles. The minimum absolute atomic E-state index is 0.118. The maximum atomic E-state index is 12.9. The minimum atomic E-state index is -0.118. The van der Waals surface area contributed by atoms with Gasteiger partial charge in [-0.1, -0.05) is 28.1 Å². The number of thioether (sulfide) groups is 1. The van der Waals surface area contributed by atoms with Gasteiger partial charge in [-0.3, -0.25) is 4.79 Å². The Labute approximate surface area is 164 Å². The summed E-state index contributed by atoms with van der Waals surface area (Å²) in [4.78, 5) is 15.8. The Balaban J connectivity index is 1.46. The Hall–Kier alpha value is -2.18. The Morgan fingerprint density at radius 1 is 1.12 bits per heavy atom. The molecular weight excluding hydrogens is 414 g/mol. The quantitative estimate of drug-likeness (QED) is 0.558. The lowest BCUT2D eigenvalue weighted by molar-refractivity contribution is 0.0957. The van der Waals surface area contributed by atoms with Crippen LogP contribution in [0.4, 0.5) is 5.69 Å². The second-order valence-electron chi connectivity index (χ2n) is 5.78. The van der Waals surface area contributed by atoms with Crippen molar-refractivity contribution in [3.63, 3.8) is 0 Å². The first kappa shape index (κ1) is 17.2. The zero-order valence-corrected chi connectivity index (χ0v) is 16.3. The summed E-state index contributed by atoms with van der Waals surface area (Å²) < 4.78 is 12.4. The number of anilines is 1. The normalized spacial score (nSPS) is 13.3. The number of nitrogens with zero attached hydrogens (tertiary/aromatic N) is 1. The highest BCUT2D eigenvalue weighted by molar-refractivity contribution is 9.10. The van der Waals surface area contributed by atoms with Crippen LogP contribution in [0, 0.1) is 0 Å². The number of carbonyl (C=O) groups is 1. The Bertz CT molecular complexity index is 923. The van der Waals surface area contributed by atoms with Gasteiger partial charge in [0.05, 0.1) is 5.69 Å². The van der Waals surface area contributed by atoms with Crippen LogP contribution in [0.5, 0.6) is 5.75 Å². The summed E-state index contributed by atoms with van der Waals surface area (Å²) in [6.07, 6.45) is 0. The number of benzene rings is 2. The van der Waals surface area contributed by atoms with Gasteiger partial charge in [-0.25, -0.2) is 0 Å².